The van der Waals surface area contributed by atoms with Gasteiger partial charge in [0.15, 0.2) is 5.82 Å². The van der Waals surface area contributed by atoms with Crippen molar-refractivity contribution in [3.8, 4) is 11.3 Å². The zero-order chi connectivity index (χ0) is 24.4. The fourth-order valence-corrected chi connectivity index (χ4v) is 4.28. The van der Waals surface area contributed by atoms with Crippen LogP contribution in [0.4, 0.5) is 10.3 Å². The molecule has 3 aromatic heterocycles. The van der Waals surface area contributed by atoms with E-state index in [0.29, 0.717) is 5.95 Å². The lowest BCUT2D eigenvalue weighted by Gasteiger charge is -2.22. The van der Waals surface area contributed by atoms with Crippen molar-refractivity contribution in [3.63, 3.8) is 0 Å². The molecule has 0 spiro atoms. The van der Waals surface area contributed by atoms with E-state index in [4.69, 9.17) is 0 Å². The SMILES string of the molecule is O=CN(O)C(CCc1ncc(F)cn1)CS(=O)(=O)NCCNc1ncc(-c2ccccn2)cn1. The number of aryl methyl sites for hydroxylation is 1. The smallest absolute Gasteiger partial charge is 0.233 e. The average Bonchev–Trinajstić information content (AvgIpc) is 2.86. The zero-order valence-electron chi connectivity index (χ0n) is 18.0. The highest BCUT2D eigenvalue weighted by Crippen LogP contribution is 2.14. The molecule has 3 aromatic rings. The van der Waals surface area contributed by atoms with Crippen molar-refractivity contribution >= 4 is 22.4 Å². The van der Waals surface area contributed by atoms with Gasteiger partial charge in [-0.15, -0.1) is 0 Å². The third kappa shape index (κ3) is 7.75. The molecule has 0 aliphatic carbocycles. The number of hydrogen-bond acceptors (Lipinski definition) is 10. The number of carbonyl (C=O) groups is 1. The lowest BCUT2D eigenvalue weighted by Crippen LogP contribution is -2.42. The molecular formula is C20H23FN8O4S. The Morgan fingerprint density at radius 2 is 1.79 bits per heavy atom. The summed E-state index contributed by atoms with van der Waals surface area (Å²) in [6.07, 6.45) is 7.15. The minimum atomic E-state index is -3.84. The monoisotopic (exact) mass is 490 g/mol. The van der Waals surface area contributed by atoms with Crippen LogP contribution < -0.4 is 10.0 Å². The summed E-state index contributed by atoms with van der Waals surface area (Å²) in [6.45, 7) is 0.223. The zero-order valence-corrected chi connectivity index (χ0v) is 18.8. The van der Waals surface area contributed by atoms with Crippen molar-refractivity contribution in [2.24, 2.45) is 0 Å². The first-order chi connectivity index (χ1) is 16.4. The lowest BCUT2D eigenvalue weighted by molar-refractivity contribution is -0.158. The minimum absolute atomic E-state index is 0.0218. The van der Waals surface area contributed by atoms with E-state index in [-0.39, 0.29) is 43.2 Å². The van der Waals surface area contributed by atoms with E-state index in [2.05, 4.69) is 35.0 Å². The summed E-state index contributed by atoms with van der Waals surface area (Å²) < 4.78 is 40.1. The van der Waals surface area contributed by atoms with Crippen molar-refractivity contribution in [3.05, 3.63) is 60.8 Å². The van der Waals surface area contributed by atoms with Crippen molar-refractivity contribution in [1.29, 1.82) is 0 Å². The van der Waals surface area contributed by atoms with E-state index in [9.17, 15) is 22.8 Å². The molecule has 0 saturated carbocycles. The maximum absolute atomic E-state index is 12.9. The van der Waals surface area contributed by atoms with Crippen LogP contribution in [0, 0.1) is 5.82 Å². The maximum Gasteiger partial charge on any atom is 0.233 e. The molecule has 0 aliphatic heterocycles. The quantitative estimate of drug-likeness (QED) is 0.134. The molecular weight excluding hydrogens is 467 g/mol. The first-order valence-electron chi connectivity index (χ1n) is 10.2. The van der Waals surface area contributed by atoms with Gasteiger partial charge in [-0.05, 0) is 18.6 Å². The predicted octanol–water partition coefficient (Wildman–Crippen LogP) is 0.648. The van der Waals surface area contributed by atoms with Crippen LogP contribution in [-0.4, -0.2) is 74.9 Å². The highest BCUT2D eigenvalue weighted by molar-refractivity contribution is 7.89. The van der Waals surface area contributed by atoms with Gasteiger partial charge in [-0.25, -0.2) is 42.5 Å². The van der Waals surface area contributed by atoms with Gasteiger partial charge in [0.05, 0.1) is 29.9 Å². The predicted molar refractivity (Wildman–Crippen MR) is 119 cm³/mol. The Bertz CT molecular complexity index is 1150. The highest BCUT2D eigenvalue weighted by atomic mass is 32.2. The molecule has 1 atom stereocenters. The molecule has 14 heteroatoms. The third-order valence-electron chi connectivity index (χ3n) is 4.61. The van der Waals surface area contributed by atoms with Gasteiger partial charge in [0.25, 0.3) is 0 Å². The number of hydroxylamine groups is 2. The van der Waals surface area contributed by atoms with E-state index in [1.165, 1.54) is 0 Å². The number of halogens is 1. The number of rotatable bonds is 13. The topological polar surface area (TPSA) is 163 Å². The van der Waals surface area contributed by atoms with Gasteiger partial charge < -0.3 is 5.32 Å². The summed E-state index contributed by atoms with van der Waals surface area (Å²) in [7, 11) is -3.84. The van der Waals surface area contributed by atoms with Gasteiger partial charge in [-0.2, -0.15) is 0 Å². The molecule has 180 valence electrons. The third-order valence-corrected chi connectivity index (χ3v) is 6.08. The molecule has 1 amide bonds. The van der Waals surface area contributed by atoms with Crippen LogP contribution in [0.15, 0.2) is 49.2 Å². The Hall–Kier alpha value is -3.62. The molecule has 34 heavy (non-hydrogen) atoms. The fraction of sp³-hybridized carbons (Fsp3) is 0.300. The summed E-state index contributed by atoms with van der Waals surface area (Å²) in [5.41, 5.74) is 1.48. The molecule has 1 unspecified atom stereocenters. The number of anilines is 1. The molecule has 12 nitrogen and oxygen atoms in total. The van der Waals surface area contributed by atoms with Crippen LogP contribution in [0.3, 0.4) is 0 Å². The van der Waals surface area contributed by atoms with Crippen LogP contribution in [0.1, 0.15) is 12.2 Å². The Balaban J connectivity index is 1.47. The summed E-state index contributed by atoms with van der Waals surface area (Å²) in [6, 6.07) is 4.45. The van der Waals surface area contributed by atoms with E-state index in [1.807, 2.05) is 12.1 Å². The average molecular weight is 491 g/mol. The number of aromatic nitrogens is 5. The normalized spacial score (nSPS) is 12.2. The van der Waals surface area contributed by atoms with Crippen molar-refractivity contribution < 1.29 is 22.8 Å². The molecule has 0 bridgehead atoms. The molecule has 0 aliphatic rings. The number of hydrogen-bond donors (Lipinski definition) is 3. The summed E-state index contributed by atoms with van der Waals surface area (Å²) in [5.74, 6) is -0.571. The van der Waals surface area contributed by atoms with Gasteiger partial charge in [0.1, 0.15) is 5.82 Å². The maximum atomic E-state index is 12.9. The van der Waals surface area contributed by atoms with Crippen LogP contribution >= 0.6 is 0 Å². The van der Waals surface area contributed by atoms with Crippen molar-refractivity contribution in [1.82, 2.24) is 34.7 Å². The molecule has 0 radical (unpaired) electrons. The molecule has 3 rings (SSSR count). The number of sulfonamides is 1. The Kier molecular flexibility index (Phi) is 8.84. The molecule has 0 saturated heterocycles. The summed E-state index contributed by atoms with van der Waals surface area (Å²) in [5, 5.41) is 13.0. The number of nitrogens with zero attached hydrogens (tertiary/aromatic N) is 6. The Morgan fingerprint density at radius 1 is 1.06 bits per heavy atom. The van der Waals surface area contributed by atoms with Gasteiger partial charge in [0, 0.05) is 43.7 Å². The largest absolute Gasteiger partial charge is 0.353 e. The standard InChI is InChI=1S/C20H23FN8O4S/c21-16-11-24-19(25-12-16)5-4-17(29(31)14-30)13-34(32,33)28-8-7-23-20-26-9-15(10-27-20)18-3-1-2-6-22-18/h1-3,6,9-12,14,17,28,31H,4-5,7-8,13H2,(H,23,26,27). The van der Waals surface area contributed by atoms with Crippen molar-refractivity contribution in [2.45, 2.75) is 18.9 Å². The molecule has 0 fully saturated rings. The summed E-state index contributed by atoms with van der Waals surface area (Å²) >= 11 is 0. The second-order valence-corrected chi connectivity index (χ2v) is 8.96. The first-order valence-corrected chi connectivity index (χ1v) is 11.8. The van der Waals surface area contributed by atoms with E-state index in [0.717, 1.165) is 23.7 Å². The lowest BCUT2D eigenvalue weighted by atomic mass is 10.2. The van der Waals surface area contributed by atoms with Crippen LogP contribution in [0.5, 0.6) is 0 Å². The minimum Gasteiger partial charge on any atom is -0.353 e. The number of nitrogens with one attached hydrogen (secondary N) is 2. The molecule has 3 heterocycles. The second kappa shape index (κ2) is 12.0. The summed E-state index contributed by atoms with van der Waals surface area (Å²) in [4.78, 5) is 31.1. The first kappa shape index (κ1) is 25.0. The van der Waals surface area contributed by atoms with Gasteiger partial charge in [-0.1, -0.05) is 6.07 Å². The Morgan fingerprint density at radius 3 is 2.44 bits per heavy atom. The van der Waals surface area contributed by atoms with Crippen LogP contribution in [0.2, 0.25) is 0 Å². The highest BCUT2D eigenvalue weighted by Gasteiger charge is 2.24. The van der Waals surface area contributed by atoms with E-state index < -0.39 is 27.6 Å². The van der Waals surface area contributed by atoms with Crippen LogP contribution in [-0.2, 0) is 21.2 Å². The number of pyridine rings is 1. The number of carbonyl (C=O) groups excluding carboxylic acids is 1. The Labute approximate surface area is 195 Å². The van der Waals surface area contributed by atoms with Crippen LogP contribution in [0.25, 0.3) is 11.3 Å². The van der Waals surface area contributed by atoms with Gasteiger partial charge >= 0.3 is 0 Å². The fourth-order valence-electron chi connectivity index (χ4n) is 2.92. The number of amides is 1. The molecule has 3 N–H and O–H groups in total. The van der Waals surface area contributed by atoms with E-state index in [1.54, 1.807) is 24.7 Å². The van der Waals surface area contributed by atoms with E-state index >= 15 is 0 Å². The van der Waals surface area contributed by atoms with Gasteiger partial charge in [-0.3, -0.25) is 15.0 Å². The molecule has 0 aromatic carbocycles. The second-order valence-electron chi connectivity index (χ2n) is 7.11. The van der Waals surface area contributed by atoms with Crippen molar-refractivity contribution in [2.75, 3.05) is 24.2 Å². The van der Waals surface area contributed by atoms with Gasteiger partial charge in [0.2, 0.25) is 22.4 Å².